The number of halogens is 1. The van der Waals surface area contributed by atoms with Crippen LogP contribution in [-0.4, -0.2) is 28.7 Å². The molecule has 1 aliphatic rings. The number of benzene rings is 2. The number of aromatic nitrogens is 2. The van der Waals surface area contributed by atoms with Gasteiger partial charge >= 0.3 is 0 Å². The lowest BCUT2D eigenvalue weighted by Crippen LogP contribution is -2.28. The Hall–Kier alpha value is -3.33. The third-order valence-electron chi connectivity index (χ3n) is 4.90. The number of fused-ring (bicyclic) bond motifs is 1. The van der Waals surface area contributed by atoms with Gasteiger partial charge < -0.3 is 15.4 Å². The summed E-state index contributed by atoms with van der Waals surface area (Å²) in [6.45, 7) is 0.351. The molecular formula is C22H21FN4O3S. The third-order valence-corrected chi connectivity index (χ3v) is 5.87. The van der Waals surface area contributed by atoms with Crippen LogP contribution in [0.2, 0.25) is 0 Å². The van der Waals surface area contributed by atoms with Gasteiger partial charge in [-0.3, -0.25) is 9.59 Å². The highest BCUT2D eigenvalue weighted by atomic mass is 32.2. The van der Waals surface area contributed by atoms with Crippen molar-refractivity contribution in [1.29, 1.82) is 0 Å². The maximum Gasteiger partial charge on any atom is 0.256 e. The van der Waals surface area contributed by atoms with E-state index in [0.29, 0.717) is 23.7 Å². The average molecular weight is 441 g/mol. The molecule has 31 heavy (non-hydrogen) atoms. The molecule has 0 saturated carbocycles. The van der Waals surface area contributed by atoms with E-state index in [0.717, 1.165) is 28.3 Å². The van der Waals surface area contributed by atoms with Crippen molar-refractivity contribution in [2.75, 3.05) is 12.4 Å². The number of nitrogens with one attached hydrogen (secondary N) is 2. The molecule has 1 aromatic heterocycles. The second-order valence-corrected chi connectivity index (χ2v) is 8.00. The number of rotatable bonds is 7. The van der Waals surface area contributed by atoms with Crippen molar-refractivity contribution >= 4 is 29.4 Å². The molecule has 2 aromatic carbocycles. The highest BCUT2D eigenvalue weighted by Gasteiger charge is 2.25. The van der Waals surface area contributed by atoms with E-state index < -0.39 is 5.82 Å². The zero-order chi connectivity index (χ0) is 21.8. The Morgan fingerprint density at radius 1 is 1.13 bits per heavy atom. The number of carbonyl (C=O) groups excluding carboxylic acids is 2. The molecule has 0 unspecified atom stereocenters. The average Bonchev–Trinajstić information content (AvgIpc) is 3.35. The molecule has 160 valence electrons. The third kappa shape index (κ3) is 4.88. The van der Waals surface area contributed by atoms with E-state index in [9.17, 15) is 14.0 Å². The Bertz CT molecular complexity index is 1100. The maximum absolute atomic E-state index is 13.1. The summed E-state index contributed by atoms with van der Waals surface area (Å²) in [5, 5.41) is 10.2. The topological polar surface area (TPSA) is 85.2 Å². The first-order valence-corrected chi connectivity index (χ1v) is 10.8. The molecule has 2 N–H and O–H groups in total. The minimum absolute atomic E-state index is 0.0210. The number of hydrogen-bond donors (Lipinski definition) is 2. The van der Waals surface area contributed by atoms with Gasteiger partial charge in [0.2, 0.25) is 5.91 Å². The Morgan fingerprint density at radius 3 is 2.58 bits per heavy atom. The fourth-order valence-corrected chi connectivity index (χ4v) is 4.27. The Balaban J connectivity index is 1.44. The van der Waals surface area contributed by atoms with Crippen molar-refractivity contribution < 1.29 is 18.7 Å². The molecule has 0 fully saturated rings. The summed E-state index contributed by atoms with van der Waals surface area (Å²) in [6, 6.07) is 12.7. The lowest BCUT2D eigenvalue weighted by Gasteiger charge is -2.12. The van der Waals surface area contributed by atoms with E-state index in [1.165, 1.54) is 28.9 Å². The maximum atomic E-state index is 13.1. The molecule has 0 atom stereocenters. The molecule has 7 nitrogen and oxygen atoms in total. The Kier molecular flexibility index (Phi) is 6.22. The van der Waals surface area contributed by atoms with Gasteiger partial charge in [0.05, 0.1) is 12.8 Å². The molecule has 0 radical (unpaired) electrons. The zero-order valence-electron chi connectivity index (χ0n) is 16.9. The predicted octanol–water partition coefficient (Wildman–Crippen LogP) is 3.35. The van der Waals surface area contributed by atoms with Gasteiger partial charge in [-0.2, -0.15) is 16.9 Å². The van der Waals surface area contributed by atoms with Crippen LogP contribution in [0.5, 0.6) is 5.75 Å². The second kappa shape index (κ2) is 9.22. The summed E-state index contributed by atoms with van der Waals surface area (Å²) in [4.78, 5) is 25.2. The minimum Gasteiger partial charge on any atom is -0.497 e. The fraction of sp³-hybridized carbons (Fsp3) is 0.227. The van der Waals surface area contributed by atoms with Gasteiger partial charge in [0.25, 0.3) is 5.91 Å². The first kappa shape index (κ1) is 20.9. The number of ether oxygens (including phenoxy) is 1. The van der Waals surface area contributed by atoms with Crippen LogP contribution >= 0.6 is 11.8 Å². The van der Waals surface area contributed by atoms with Crippen LogP contribution in [0.25, 0.3) is 0 Å². The summed E-state index contributed by atoms with van der Waals surface area (Å²) in [5.41, 5.74) is 3.06. The summed E-state index contributed by atoms with van der Waals surface area (Å²) < 4.78 is 19.8. The van der Waals surface area contributed by atoms with E-state index in [-0.39, 0.29) is 18.4 Å². The first-order chi connectivity index (χ1) is 15.0. The van der Waals surface area contributed by atoms with Gasteiger partial charge in [0.1, 0.15) is 23.9 Å². The highest BCUT2D eigenvalue weighted by molar-refractivity contribution is 7.98. The highest BCUT2D eigenvalue weighted by Crippen LogP contribution is 2.34. The minimum atomic E-state index is -0.410. The van der Waals surface area contributed by atoms with Gasteiger partial charge in [-0.05, 0) is 42.0 Å². The van der Waals surface area contributed by atoms with Crippen LogP contribution in [0, 0.1) is 5.82 Å². The van der Waals surface area contributed by atoms with Crippen LogP contribution in [0.4, 0.5) is 10.2 Å². The number of anilines is 1. The molecule has 2 amide bonds. The number of nitrogens with zero attached hydrogens (tertiary/aromatic N) is 2. The zero-order valence-corrected chi connectivity index (χ0v) is 17.7. The van der Waals surface area contributed by atoms with Gasteiger partial charge in [0, 0.05) is 29.2 Å². The van der Waals surface area contributed by atoms with Crippen molar-refractivity contribution in [3.63, 3.8) is 0 Å². The summed E-state index contributed by atoms with van der Waals surface area (Å²) in [5.74, 6) is 1.69. The monoisotopic (exact) mass is 440 g/mol. The molecular weight excluding hydrogens is 419 g/mol. The number of carbonyl (C=O) groups is 2. The molecule has 1 aliphatic heterocycles. The van der Waals surface area contributed by atoms with Gasteiger partial charge in [-0.1, -0.05) is 12.1 Å². The van der Waals surface area contributed by atoms with Crippen LogP contribution in [0.15, 0.2) is 48.5 Å². The summed E-state index contributed by atoms with van der Waals surface area (Å²) in [6.07, 6.45) is 0. The standard InChI is InChI=1S/C22H21FN4O3S/c1-30-17-8-2-14(3-9-17)10-24-20(28)11-27-21(18-12-31-13-19(18)26-27)25-22(29)15-4-6-16(23)7-5-15/h2-9H,10-13H2,1H3,(H,24,28)(H,25,29). The molecule has 2 heterocycles. The van der Waals surface area contributed by atoms with E-state index in [1.54, 1.807) is 18.9 Å². The molecule has 0 saturated heterocycles. The second-order valence-electron chi connectivity index (χ2n) is 7.01. The molecule has 3 aromatic rings. The lowest BCUT2D eigenvalue weighted by molar-refractivity contribution is -0.122. The molecule has 0 bridgehead atoms. The van der Waals surface area contributed by atoms with Crippen molar-refractivity contribution in [3.05, 3.63) is 76.7 Å². The van der Waals surface area contributed by atoms with E-state index in [2.05, 4.69) is 15.7 Å². The van der Waals surface area contributed by atoms with Gasteiger partial charge in [-0.15, -0.1) is 0 Å². The predicted molar refractivity (Wildman–Crippen MR) is 116 cm³/mol. The smallest absolute Gasteiger partial charge is 0.256 e. The normalized spacial score (nSPS) is 12.3. The van der Waals surface area contributed by atoms with Crippen LogP contribution in [0.3, 0.4) is 0 Å². The Labute approximate surface area is 183 Å². The number of methoxy groups -OCH3 is 1. The molecule has 0 spiro atoms. The van der Waals surface area contributed by atoms with E-state index in [1.807, 2.05) is 24.3 Å². The van der Waals surface area contributed by atoms with Crippen LogP contribution in [-0.2, 0) is 29.4 Å². The van der Waals surface area contributed by atoms with E-state index >= 15 is 0 Å². The summed E-state index contributed by atoms with van der Waals surface area (Å²) in [7, 11) is 1.60. The number of hydrogen-bond acceptors (Lipinski definition) is 5. The van der Waals surface area contributed by atoms with Gasteiger partial charge in [0.15, 0.2) is 0 Å². The van der Waals surface area contributed by atoms with Gasteiger partial charge in [-0.25, -0.2) is 9.07 Å². The fourth-order valence-electron chi connectivity index (χ4n) is 3.24. The molecule has 4 rings (SSSR count). The van der Waals surface area contributed by atoms with Crippen LogP contribution in [0.1, 0.15) is 27.2 Å². The van der Waals surface area contributed by atoms with Crippen molar-refractivity contribution in [1.82, 2.24) is 15.1 Å². The molecule has 9 heteroatoms. The van der Waals surface area contributed by atoms with Crippen molar-refractivity contribution in [3.8, 4) is 5.75 Å². The van der Waals surface area contributed by atoms with Crippen molar-refractivity contribution in [2.45, 2.75) is 24.6 Å². The SMILES string of the molecule is COc1ccc(CNC(=O)Cn2nc3c(c2NC(=O)c2ccc(F)cc2)CSC3)cc1. The van der Waals surface area contributed by atoms with E-state index in [4.69, 9.17) is 4.74 Å². The number of amides is 2. The summed E-state index contributed by atoms with van der Waals surface area (Å²) >= 11 is 1.70. The van der Waals surface area contributed by atoms with Crippen molar-refractivity contribution in [2.24, 2.45) is 0 Å². The van der Waals surface area contributed by atoms with Crippen LogP contribution < -0.4 is 15.4 Å². The largest absolute Gasteiger partial charge is 0.497 e. The first-order valence-electron chi connectivity index (χ1n) is 9.66. The quantitative estimate of drug-likeness (QED) is 0.589. The lowest BCUT2D eigenvalue weighted by atomic mass is 10.2. The Morgan fingerprint density at radius 2 is 1.87 bits per heavy atom. The number of thioether (sulfide) groups is 1. The molecule has 0 aliphatic carbocycles.